The summed E-state index contributed by atoms with van der Waals surface area (Å²) in [6.45, 7) is 4.53. The maximum atomic E-state index is 11.3. The summed E-state index contributed by atoms with van der Waals surface area (Å²) in [4.78, 5) is 21.7. The lowest BCUT2D eigenvalue weighted by atomic mass is 10.1. The molecule has 7 heteroatoms. The van der Waals surface area contributed by atoms with Gasteiger partial charge < -0.3 is 14.6 Å². The first-order valence-electron chi connectivity index (χ1n) is 7.81. The largest absolute Gasteiger partial charge is 0.492 e. The number of hydrogen-bond donors (Lipinski definition) is 1. The van der Waals surface area contributed by atoms with Crippen LogP contribution in [0.25, 0.3) is 11.3 Å². The molecule has 3 rings (SSSR count). The van der Waals surface area contributed by atoms with Crippen molar-refractivity contribution in [2.45, 2.75) is 0 Å². The van der Waals surface area contributed by atoms with Gasteiger partial charge in [0.1, 0.15) is 12.4 Å². The molecule has 1 N–H and O–H groups in total. The molecule has 0 bridgehead atoms. The summed E-state index contributed by atoms with van der Waals surface area (Å²) < 4.78 is 11.1. The van der Waals surface area contributed by atoms with Crippen molar-refractivity contribution in [3.63, 3.8) is 0 Å². The summed E-state index contributed by atoms with van der Waals surface area (Å²) in [5.74, 6) is -0.577. The number of ether oxygens (including phenoxy) is 2. The van der Waals surface area contributed by atoms with Gasteiger partial charge in [0.25, 0.3) is 0 Å². The molecule has 0 atom stereocenters. The Labute approximate surface area is 139 Å². The van der Waals surface area contributed by atoms with E-state index in [1.54, 1.807) is 30.6 Å². The molecule has 1 aliphatic rings. The van der Waals surface area contributed by atoms with Crippen LogP contribution >= 0.6 is 0 Å². The summed E-state index contributed by atoms with van der Waals surface area (Å²) in [6, 6.07) is 6.77. The molecule has 7 nitrogen and oxygen atoms in total. The molecule has 3 heterocycles. The summed E-state index contributed by atoms with van der Waals surface area (Å²) in [5, 5.41) is 9.26. The first-order valence-corrected chi connectivity index (χ1v) is 7.81. The third kappa shape index (κ3) is 4.27. The van der Waals surface area contributed by atoms with E-state index in [1.165, 1.54) is 6.07 Å². The second-order valence-corrected chi connectivity index (χ2v) is 5.42. The van der Waals surface area contributed by atoms with Crippen LogP contribution in [0.5, 0.6) is 5.75 Å². The van der Waals surface area contributed by atoms with Crippen molar-refractivity contribution in [2.24, 2.45) is 0 Å². The number of hydrogen-bond acceptors (Lipinski definition) is 6. The van der Waals surface area contributed by atoms with Gasteiger partial charge in [0, 0.05) is 49.7 Å². The Bertz CT molecular complexity index is 687. The van der Waals surface area contributed by atoms with E-state index in [4.69, 9.17) is 9.47 Å². The topological polar surface area (TPSA) is 84.8 Å². The third-order valence-electron chi connectivity index (χ3n) is 3.77. The molecule has 0 aromatic carbocycles. The lowest BCUT2D eigenvalue weighted by Crippen LogP contribution is -2.38. The van der Waals surface area contributed by atoms with Crippen LogP contribution in [0.3, 0.4) is 0 Å². The van der Waals surface area contributed by atoms with Crippen LogP contribution in [-0.4, -0.2) is 65.4 Å². The van der Waals surface area contributed by atoms with Crippen molar-refractivity contribution in [3.05, 3.63) is 42.4 Å². The maximum absolute atomic E-state index is 11.3. The van der Waals surface area contributed by atoms with Gasteiger partial charge in [-0.3, -0.25) is 9.88 Å². The zero-order valence-electron chi connectivity index (χ0n) is 13.2. The summed E-state index contributed by atoms with van der Waals surface area (Å²) in [5.41, 5.74) is 1.32. The molecule has 1 saturated heterocycles. The van der Waals surface area contributed by atoms with Crippen molar-refractivity contribution in [3.8, 4) is 17.0 Å². The highest BCUT2D eigenvalue weighted by atomic mass is 16.5. The van der Waals surface area contributed by atoms with Crippen LogP contribution in [-0.2, 0) is 4.74 Å². The molecule has 2 aromatic rings. The standard InChI is InChI=1S/C17H19N3O4/c21-17(22)16-12-14(24-10-7-20-5-8-23-9-6-20)11-15(19-16)13-1-3-18-4-2-13/h1-4,11-12H,5-10H2,(H,21,22). The van der Waals surface area contributed by atoms with Crippen molar-refractivity contribution in [2.75, 3.05) is 39.5 Å². The number of carboxylic acid groups (broad SMARTS) is 1. The average molecular weight is 329 g/mol. The Morgan fingerprint density at radius 1 is 1.25 bits per heavy atom. The minimum absolute atomic E-state index is 0.0364. The highest BCUT2D eigenvalue weighted by Crippen LogP contribution is 2.23. The molecule has 126 valence electrons. The quantitative estimate of drug-likeness (QED) is 0.860. The Morgan fingerprint density at radius 3 is 2.71 bits per heavy atom. The molecule has 1 fully saturated rings. The number of aromatic carboxylic acids is 1. The molecular weight excluding hydrogens is 310 g/mol. The molecule has 0 radical (unpaired) electrons. The number of carboxylic acids is 1. The number of pyridine rings is 2. The Hall–Kier alpha value is -2.51. The molecule has 0 unspecified atom stereocenters. The molecule has 0 amide bonds. The van der Waals surface area contributed by atoms with Crippen LogP contribution in [0, 0.1) is 0 Å². The van der Waals surface area contributed by atoms with E-state index in [-0.39, 0.29) is 5.69 Å². The zero-order valence-corrected chi connectivity index (χ0v) is 13.2. The van der Waals surface area contributed by atoms with Crippen molar-refractivity contribution >= 4 is 5.97 Å². The van der Waals surface area contributed by atoms with Crippen LogP contribution < -0.4 is 4.74 Å². The summed E-state index contributed by atoms with van der Waals surface area (Å²) in [6.07, 6.45) is 3.28. The molecule has 1 aliphatic heterocycles. The lowest BCUT2D eigenvalue weighted by Gasteiger charge is -2.26. The summed E-state index contributed by atoms with van der Waals surface area (Å²) >= 11 is 0. The van der Waals surface area contributed by atoms with Crippen molar-refractivity contribution in [1.82, 2.24) is 14.9 Å². The van der Waals surface area contributed by atoms with Gasteiger partial charge in [-0.1, -0.05) is 0 Å². The average Bonchev–Trinajstić information content (AvgIpc) is 2.63. The van der Waals surface area contributed by atoms with Gasteiger partial charge in [-0.15, -0.1) is 0 Å². The molecule has 0 saturated carbocycles. The van der Waals surface area contributed by atoms with Gasteiger partial charge in [0.15, 0.2) is 5.69 Å². The normalized spacial score (nSPS) is 15.2. The van der Waals surface area contributed by atoms with Crippen LogP contribution in [0.4, 0.5) is 0 Å². The van der Waals surface area contributed by atoms with E-state index in [9.17, 15) is 9.90 Å². The molecule has 0 spiro atoms. The number of rotatable bonds is 6. The number of nitrogens with zero attached hydrogens (tertiary/aromatic N) is 3. The highest BCUT2D eigenvalue weighted by Gasteiger charge is 2.13. The van der Waals surface area contributed by atoms with E-state index in [2.05, 4.69) is 14.9 Å². The number of aromatic nitrogens is 2. The zero-order chi connectivity index (χ0) is 16.8. The SMILES string of the molecule is O=C(O)c1cc(OCCN2CCOCC2)cc(-c2ccncc2)n1. The lowest BCUT2D eigenvalue weighted by molar-refractivity contribution is 0.0322. The molecule has 0 aliphatic carbocycles. The van der Waals surface area contributed by atoms with Gasteiger partial charge in [0.05, 0.1) is 18.9 Å². The highest BCUT2D eigenvalue weighted by molar-refractivity contribution is 5.86. The Balaban J connectivity index is 1.72. The van der Waals surface area contributed by atoms with Crippen molar-refractivity contribution < 1.29 is 19.4 Å². The van der Waals surface area contributed by atoms with Gasteiger partial charge in [-0.25, -0.2) is 9.78 Å². The van der Waals surface area contributed by atoms with E-state index >= 15 is 0 Å². The van der Waals surface area contributed by atoms with Gasteiger partial charge in [0.2, 0.25) is 0 Å². The first kappa shape index (κ1) is 16.4. The monoisotopic (exact) mass is 329 g/mol. The fourth-order valence-electron chi connectivity index (χ4n) is 2.49. The van der Waals surface area contributed by atoms with Gasteiger partial charge in [-0.2, -0.15) is 0 Å². The van der Waals surface area contributed by atoms with Crippen LogP contribution in [0.15, 0.2) is 36.7 Å². The fraction of sp³-hybridized carbons (Fsp3) is 0.353. The third-order valence-corrected chi connectivity index (χ3v) is 3.77. The summed E-state index contributed by atoms with van der Waals surface area (Å²) in [7, 11) is 0. The maximum Gasteiger partial charge on any atom is 0.354 e. The van der Waals surface area contributed by atoms with Crippen LogP contribution in [0.1, 0.15) is 10.5 Å². The second kappa shape index (κ2) is 7.85. The van der Waals surface area contributed by atoms with Crippen LogP contribution in [0.2, 0.25) is 0 Å². The Kier molecular flexibility index (Phi) is 5.35. The molecule has 24 heavy (non-hydrogen) atoms. The fourth-order valence-corrected chi connectivity index (χ4v) is 2.49. The first-order chi connectivity index (χ1) is 11.7. The second-order valence-electron chi connectivity index (χ2n) is 5.42. The molecule has 2 aromatic heterocycles. The Morgan fingerprint density at radius 2 is 2.00 bits per heavy atom. The predicted molar refractivity (Wildman–Crippen MR) is 87.2 cm³/mol. The smallest absolute Gasteiger partial charge is 0.354 e. The predicted octanol–water partition coefficient (Wildman–Crippen LogP) is 1.55. The van der Waals surface area contributed by atoms with E-state index in [1.807, 2.05) is 0 Å². The van der Waals surface area contributed by atoms with Gasteiger partial charge in [-0.05, 0) is 12.1 Å². The van der Waals surface area contributed by atoms with Gasteiger partial charge >= 0.3 is 5.97 Å². The van der Waals surface area contributed by atoms with E-state index in [0.29, 0.717) is 18.1 Å². The minimum atomic E-state index is -1.08. The molecular formula is C17H19N3O4. The van der Waals surface area contributed by atoms with E-state index in [0.717, 1.165) is 38.4 Å². The number of carbonyl (C=O) groups is 1. The van der Waals surface area contributed by atoms with Crippen molar-refractivity contribution in [1.29, 1.82) is 0 Å². The minimum Gasteiger partial charge on any atom is -0.492 e. The number of morpholine rings is 1. The van der Waals surface area contributed by atoms with E-state index < -0.39 is 5.97 Å².